The first-order chi connectivity index (χ1) is 9.88. The Labute approximate surface area is 122 Å². The minimum atomic E-state index is -1.25. The predicted octanol–water partition coefficient (Wildman–Crippen LogP) is 2.46. The molecule has 2 aromatic rings. The van der Waals surface area contributed by atoms with E-state index in [1.807, 2.05) is 0 Å². The third-order valence-electron chi connectivity index (χ3n) is 2.49. The number of nitrogens with two attached hydrogens (primary N) is 1. The molecule has 8 heteroatoms. The summed E-state index contributed by atoms with van der Waals surface area (Å²) in [5, 5.41) is 8.87. The topological polar surface area (TPSA) is 103 Å². The number of aromatic carboxylic acids is 1. The van der Waals surface area contributed by atoms with Gasteiger partial charge in [-0.15, -0.1) is 0 Å². The molecule has 6 nitrogen and oxygen atoms in total. The molecule has 0 fully saturated rings. The number of carbonyl (C=O) groups is 2. The highest BCUT2D eigenvalue weighted by Crippen LogP contribution is 2.25. The largest absolute Gasteiger partial charge is 0.478 e. The van der Waals surface area contributed by atoms with Crippen LogP contribution >= 0.6 is 11.6 Å². The van der Waals surface area contributed by atoms with Crippen LogP contribution in [0.5, 0.6) is 11.6 Å². The molecule has 0 saturated carbocycles. The van der Waals surface area contributed by atoms with Crippen LogP contribution in [0.4, 0.5) is 4.39 Å². The Kier molecular flexibility index (Phi) is 4.04. The lowest BCUT2D eigenvalue weighted by molar-refractivity contribution is 0.0696. The van der Waals surface area contributed by atoms with Gasteiger partial charge in [-0.1, -0.05) is 11.6 Å². The number of benzene rings is 1. The molecule has 0 aliphatic carbocycles. The molecule has 108 valence electrons. The molecule has 2 rings (SSSR count). The summed E-state index contributed by atoms with van der Waals surface area (Å²) in [4.78, 5) is 25.6. The second kappa shape index (κ2) is 5.76. The molecule has 1 aromatic heterocycles. The molecule has 1 amide bonds. The molecule has 3 N–H and O–H groups in total. The fraction of sp³-hybridized carbons (Fsp3) is 0. The van der Waals surface area contributed by atoms with Gasteiger partial charge in [-0.25, -0.2) is 14.2 Å². The number of aromatic nitrogens is 1. The minimum Gasteiger partial charge on any atom is -0.478 e. The molecule has 0 saturated heterocycles. The van der Waals surface area contributed by atoms with E-state index in [0.29, 0.717) is 0 Å². The van der Waals surface area contributed by atoms with Gasteiger partial charge in [0.05, 0.1) is 22.3 Å². The number of carboxylic acid groups (broad SMARTS) is 1. The Morgan fingerprint density at radius 3 is 2.57 bits per heavy atom. The Morgan fingerprint density at radius 1 is 1.29 bits per heavy atom. The second-order valence-corrected chi connectivity index (χ2v) is 4.32. The minimum absolute atomic E-state index is 0.0312. The lowest BCUT2D eigenvalue weighted by atomic mass is 10.2. The van der Waals surface area contributed by atoms with E-state index in [9.17, 15) is 14.0 Å². The van der Waals surface area contributed by atoms with Gasteiger partial charge in [0.2, 0.25) is 5.88 Å². The van der Waals surface area contributed by atoms with Gasteiger partial charge in [-0.2, -0.15) is 0 Å². The molecule has 0 atom stereocenters. The van der Waals surface area contributed by atoms with E-state index in [1.165, 1.54) is 6.07 Å². The first kappa shape index (κ1) is 14.7. The first-order valence-corrected chi connectivity index (χ1v) is 5.92. The van der Waals surface area contributed by atoms with E-state index in [1.54, 1.807) is 0 Å². The number of pyridine rings is 1. The molecule has 1 aromatic carbocycles. The first-order valence-electron chi connectivity index (χ1n) is 5.54. The van der Waals surface area contributed by atoms with Gasteiger partial charge in [0.1, 0.15) is 11.6 Å². The number of rotatable bonds is 4. The summed E-state index contributed by atoms with van der Waals surface area (Å²) in [7, 11) is 0. The Balaban J connectivity index is 2.30. The summed E-state index contributed by atoms with van der Waals surface area (Å²) in [5.74, 6) is -3.06. The fourth-order valence-corrected chi connectivity index (χ4v) is 1.70. The van der Waals surface area contributed by atoms with Crippen molar-refractivity contribution in [1.29, 1.82) is 0 Å². The van der Waals surface area contributed by atoms with Gasteiger partial charge < -0.3 is 15.6 Å². The van der Waals surface area contributed by atoms with Crippen LogP contribution in [-0.2, 0) is 0 Å². The Bertz CT molecular complexity index is 736. The van der Waals surface area contributed by atoms with Crippen molar-refractivity contribution in [1.82, 2.24) is 4.98 Å². The lowest BCUT2D eigenvalue weighted by Crippen LogP contribution is -2.12. The number of primary amides is 1. The van der Waals surface area contributed by atoms with Crippen molar-refractivity contribution in [3.05, 3.63) is 52.4 Å². The lowest BCUT2D eigenvalue weighted by Gasteiger charge is -2.07. The number of nitrogens with zero attached hydrogens (tertiary/aromatic N) is 1. The molecule has 0 aliphatic heterocycles. The van der Waals surface area contributed by atoms with E-state index >= 15 is 0 Å². The molecule has 0 bridgehead atoms. The molecule has 0 spiro atoms. The average molecular weight is 311 g/mol. The molecular formula is C13H8ClFN2O4. The van der Waals surface area contributed by atoms with Gasteiger partial charge in [-0.05, 0) is 12.1 Å². The predicted molar refractivity (Wildman–Crippen MR) is 71.2 cm³/mol. The highest BCUT2D eigenvalue weighted by Gasteiger charge is 2.13. The summed E-state index contributed by atoms with van der Waals surface area (Å²) in [5.41, 5.74) is 4.50. The third kappa shape index (κ3) is 3.26. The summed E-state index contributed by atoms with van der Waals surface area (Å²) < 4.78 is 18.8. The van der Waals surface area contributed by atoms with E-state index < -0.39 is 17.7 Å². The maximum atomic E-state index is 13.6. The number of hydrogen-bond donors (Lipinski definition) is 2. The van der Waals surface area contributed by atoms with Crippen molar-refractivity contribution in [2.45, 2.75) is 0 Å². The van der Waals surface area contributed by atoms with Gasteiger partial charge in [-0.3, -0.25) is 4.79 Å². The average Bonchev–Trinajstić information content (AvgIpc) is 2.40. The smallest absolute Gasteiger partial charge is 0.337 e. The van der Waals surface area contributed by atoms with Crippen LogP contribution < -0.4 is 10.5 Å². The van der Waals surface area contributed by atoms with Crippen LogP contribution in [0, 0.1) is 5.82 Å². The Hall–Kier alpha value is -2.67. The zero-order chi connectivity index (χ0) is 15.6. The zero-order valence-corrected chi connectivity index (χ0v) is 11.1. The van der Waals surface area contributed by atoms with E-state index in [0.717, 1.165) is 24.4 Å². The quantitative estimate of drug-likeness (QED) is 0.903. The number of hydrogen-bond acceptors (Lipinski definition) is 4. The molecule has 0 aliphatic rings. The molecular weight excluding hydrogens is 303 g/mol. The van der Waals surface area contributed by atoms with Crippen molar-refractivity contribution in [3.8, 4) is 11.6 Å². The van der Waals surface area contributed by atoms with Crippen LogP contribution in [0.3, 0.4) is 0 Å². The van der Waals surface area contributed by atoms with Crippen LogP contribution in [0.25, 0.3) is 0 Å². The molecule has 0 unspecified atom stereocenters. The van der Waals surface area contributed by atoms with Gasteiger partial charge in [0.15, 0.2) is 0 Å². The third-order valence-corrected chi connectivity index (χ3v) is 2.79. The van der Waals surface area contributed by atoms with Crippen molar-refractivity contribution < 1.29 is 23.8 Å². The maximum Gasteiger partial charge on any atom is 0.337 e. The number of carboxylic acids is 1. The summed E-state index contributed by atoms with van der Waals surface area (Å²) in [6, 6.07) is 4.50. The van der Waals surface area contributed by atoms with E-state index in [4.69, 9.17) is 27.2 Å². The van der Waals surface area contributed by atoms with Crippen LogP contribution in [0.1, 0.15) is 20.7 Å². The standard InChI is InChI=1S/C13H8ClFN2O4/c14-9-5-17-11(4-8(9)13(19)20)21-6-1-2-7(12(16)18)10(15)3-6/h1-5H,(H2,16,18)(H,19,20). The molecule has 21 heavy (non-hydrogen) atoms. The van der Waals surface area contributed by atoms with Gasteiger partial charge in [0.25, 0.3) is 5.91 Å². The highest BCUT2D eigenvalue weighted by molar-refractivity contribution is 6.33. The van der Waals surface area contributed by atoms with Crippen LogP contribution in [0.2, 0.25) is 5.02 Å². The zero-order valence-electron chi connectivity index (χ0n) is 10.3. The summed E-state index contributed by atoms with van der Waals surface area (Å²) >= 11 is 5.66. The maximum absolute atomic E-state index is 13.6. The van der Waals surface area contributed by atoms with Crippen molar-refractivity contribution in [3.63, 3.8) is 0 Å². The number of carbonyl (C=O) groups excluding carboxylic acids is 1. The van der Waals surface area contributed by atoms with Crippen molar-refractivity contribution in [2.24, 2.45) is 5.73 Å². The highest BCUT2D eigenvalue weighted by atomic mass is 35.5. The Morgan fingerprint density at radius 2 is 2.00 bits per heavy atom. The normalized spacial score (nSPS) is 10.2. The fourth-order valence-electron chi connectivity index (χ4n) is 1.52. The molecule has 1 heterocycles. The van der Waals surface area contributed by atoms with Gasteiger partial charge >= 0.3 is 5.97 Å². The summed E-state index contributed by atoms with van der Waals surface area (Å²) in [6.45, 7) is 0. The SMILES string of the molecule is NC(=O)c1ccc(Oc2cc(C(=O)O)c(Cl)cn2)cc1F. The van der Waals surface area contributed by atoms with Crippen LogP contribution in [-0.4, -0.2) is 22.0 Å². The van der Waals surface area contributed by atoms with Crippen molar-refractivity contribution >= 4 is 23.5 Å². The number of halogens is 2. The van der Waals surface area contributed by atoms with E-state index in [2.05, 4.69) is 4.98 Å². The monoisotopic (exact) mass is 310 g/mol. The van der Waals surface area contributed by atoms with E-state index in [-0.39, 0.29) is 27.8 Å². The summed E-state index contributed by atoms with van der Waals surface area (Å²) in [6.07, 6.45) is 1.11. The van der Waals surface area contributed by atoms with Crippen LogP contribution in [0.15, 0.2) is 30.5 Å². The second-order valence-electron chi connectivity index (χ2n) is 3.92. The van der Waals surface area contributed by atoms with Crippen molar-refractivity contribution in [2.75, 3.05) is 0 Å². The number of ether oxygens (including phenoxy) is 1. The number of amides is 1. The van der Waals surface area contributed by atoms with Gasteiger partial charge in [0, 0.05) is 12.1 Å². The molecule has 0 radical (unpaired) electrons.